The Hall–Kier alpha value is -2.48. The predicted molar refractivity (Wildman–Crippen MR) is 66.2 cm³/mol. The van der Waals surface area contributed by atoms with Gasteiger partial charge < -0.3 is 10.8 Å². The van der Waals surface area contributed by atoms with E-state index >= 15 is 0 Å². The van der Waals surface area contributed by atoms with Gasteiger partial charge in [-0.1, -0.05) is 6.07 Å². The van der Waals surface area contributed by atoms with Gasteiger partial charge in [0, 0.05) is 12.6 Å². The minimum Gasteiger partial charge on any atom is -0.480 e. The number of rotatable bonds is 5. The number of carboxylic acid groups (broad SMARTS) is 1. The molecular weight excluding hydrogens is 252 g/mol. The Balaban J connectivity index is 2.32. The number of carbonyl (C=O) groups is 3. The molecule has 0 aliphatic heterocycles. The zero-order chi connectivity index (χ0) is 14.3. The summed E-state index contributed by atoms with van der Waals surface area (Å²) >= 11 is 0. The molecule has 1 aromatic rings. The first-order chi connectivity index (χ1) is 8.99. The van der Waals surface area contributed by atoms with Crippen LogP contribution in [0.15, 0.2) is 24.4 Å². The van der Waals surface area contributed by atoms with Crippen molar-refractivity contribution < 1.29 is 19.5 Å². The minimum absolute atomic E-state index is 0.0436. The number of carboxylic acids is 1. The monoisotopic (exact) mass is 266 g/mol. The molecule has 1 atom stereocenters. The van der Waals surface area contributed by atoms with E-state index in [-0.39, 0.29) is 12.8 Å². The third-order valence-electron chi connectivity index (χ3n) is 2.16. The second-order valence-corrected chi connectivity index (χ2v) is 3.70. The van der Waals surface area contributed by atoms with E-state index in [2.05, 4.69) is 10.3 Å². The molecule has 8 heteroatoms. The molecular formula is C11H14N4O4. The molecule has 0 saturated carbocycles. The number of nitrogens with zero attached hydrogens (tertiary/aromatic N) is 1. The number of nitrogens with two attached hydrogens (primary N) is 1. The Kier molecular flexibility index (Phi) is 5.42. The van der Waals surface area contributed by atoms with Gasteiger partial charge in [0.1, 0.15) is 11.9 Å². The summed E-state index contributed by atoms with van der Waals surface area (Å²) in [6, 6.07) is 3.07. The topological polar surface area (TPSA) is 134 Å². The lowest BCUT2D eigenvalue weighted by Gasteiger charge is -2.07. The molecule has 5 N–H and O–H groups in total. The van der Waals surface area contributed by atoms with Crippen LogP contribution in [0.3, 0.4) is 0 Å². The van der Waals surface area contributed by atoms with Crippen molar-refractivity contribution >= 4 is 23.7 Å². The van der Waals surface area contributed by atoms with E-state index in [1.165, 1.54) is 6.20 Å². The molecule has 1 unspecified atom stereocenters. The summed E-state index contributed by atoms with van der Waals surface area (Å²) in [7, 11) is 0. The number of anilines is 1. The Labute approximate surface area is 109 Å². The number of amides is 3. The molecule has 1 rings (SSSR count). The van der Waals surface area contributed by atoms with Gasteiger partial charge in [-0.3, -0.25) is 20.2 Å². The lowest BCUT2D eigenvalue weighted by molar-refractivity contribution is -0.138. The third kappa shape index (κ3) is 5.59. The zero-order valence-electron chi connectivity index (χ0n) is 10.00. The standard InChI is InChI=1S/C11H14N4O4/c12-7(10(17)18)4-5-9(16)15-11(19)14-8-3-1-2-6-13-8/h1-3,6-7H,4-5,12H2,(H,17,18)(H2,13,14,15,16,19). The molecule has 0 spiro atoms. The molecule has 0 saturated heterocycles. The number of hydrogen-bond donors (Lipinski definition) is 4. The van der Waals surface area contributed by atoms with Gasteiger partial charge in [-0.15, -0.1) is 0 Å². The number of carbonyl (C=O) groups excluding carboxylic acids is 2. The van der Waals surface area contributed by atoms with Gasteiger partial charge in [0.25, 0.3) is 0 Å². The Morgan fingerprint density at radius 2 is 2.11 bits per heavy atom. The van der Waals surface area contributed by atoms with Crippen molar-refractivity contribution in [1.29, 1.82) is 0 Å². The first kappa shape index (κ1) is 14.6. The van der Waals surface area contributed by atoms with Gasteiger partial charge in [0.05, 0.1) is 0 Å². The zero-order valence-corrected chi connectivity index (χ0v) is 10.00. The molecule has 0 fully saturated rings. The van der Waals surface area contributed by atoms with Crippen LogP contribution in [-0.4, -0.2) is 34.0 Å². The van der Waals surface area contributed by atoms with Crippen LogP contribution in [0.25, 0.3) is 0 Å². The van der Waals surface area contributed by atoms with Crippen LogP contribution in [0.5, 0.6) is 0 Å². The van der Waals surface area contributed by atoms with E-state index in [1.54, 1.807) is 18.2 Å². The van der Waals surface area contributed by atoms with Crippen LogP contribution in [0.2, 0.25) is 0 Å². The first-order valence-electron chi connectivity index (χ1n) is 5.49. The van der Waals surface area contributed by atoms with Gasteiger partial charge in [0.2, 0.25) is 5.91 Å². The summed E-state index contributed by atoms with van der Waals surface area (Å²) in [6.07, 6.45) is 1.30. The molecule has 0 radical (unpaired) electrons. The maximum Gasteiger partial charge on any atom is 0.327 e. The van der Waals surface area contributed by atoms with Crippen molar-refractivity contribution in [2.45, 2.75) is 18.9 Å². The quantitative estimate of drug-likeness (QED) is 0.589. The number of hydrogen-bond acceptors (Lipinski definition) is 5. The van der Waals surface area contributed by atoms with Crippen molar-refractivity contribution in [1.82, 2.24) is 10.3 Å². The molecule has 0 aromatic carbocycles. The van der Waals surface area contributed by atoms with E-state index in [9.17, 15) is 14.4 Å². The fourth-order valence-electron chi connectivity index (χ4n) is 1.18. The van der Waals surface area contributed by atoms with Crippen molar-refractivity contribution in [2.75, 3.05) is 5.32 Å². The number of aromatic nitrogens is 1. The summed E-state index contributed by atoms with van der Waals surface area (Å²) in [4.78, 5) is 37.0. The van der Waals surface area contributed by atoms with E-state index in [0.29, 0.717) is 5.82 Å². The maximum absolute atomic E-state index is 11.4. The third-order valence-corrected chi connectivity index (χ3v) is 2.16. The van der Waals surface area contributed by atoms with Crippen LogP contribution in [0.4, 0.5) is 10.6 Å². The number of aliphatic carboxylic acids is 1. The largest absolute Gasteiger partial charge is 0.480 e. The molecule has 1 aromatic heterocycles. The van der Waals surface area contributed by atoms with Crippen molar-refractivity contribution in [2.24, 2.45) is 5.73 Å². The fraction of sp³-hybridized carbons (Fsp3) is 0.273. The van der Waals surface area contributed by atoms with E-state index in [0.717, 1.165) is 0 Å². The minimum atomic E-state index is -1.19. The summed E-state index contributed by atoms with van der Waals surface area (Å²) in [5.41, 5.74) is 5.23. The van der Waals surface area contributed by atoms with Crippen LogP contribution in [0, 0.1) is 0 Å². The predicted octanol–water partition coefficient (Wildman–Crippen LogP) is -0.0782. The van der Waals surface area contributed by atoms with Crippen LogP contribution in [-0.2, 0) is 9.59 Å². The summed E-state index contributed by atoms with van der Waals surface area (Å²) < 4.78 is 0. The Morgan fingerprint density at radius 3 is 2.68 bits per heavy atom. The average Bonchev–Trinajstić information content (AvgIpc) is 2.36. The average molecular weight is 266 g/mol. The Bertz CT molecular complexity index is 463. The fourth-order valence-corrected chi connectivity index (χ4v) is 1.18. The number of nitrogens with one attached hydrogen (secondary N) is 2. The lowest BCUT2D eigenvalue weighted by Crippen LogP contribution is -2.37. The SMILES string of the molecule is NC(CCC(=O)NC(=O)Nc1ccccn1)C(=O)O. The molecule has 3 amide bonds. The summed E-state index contributed by atoms with van der Waals surface area (Å²) in [5, 5.41) is 12.9. The molecule has 0 bridgehead atoms. The van der Waals surface area contributed by atoms with Crippen LogP contribution in [0.1, 0.15) is 12.8 Å². The normalized spacial score (nSPS) is 11.4. The highest BCUT2D eigenvalue weighted by Gasteiger charge is 2.14. The second-order valence-electron chi connectivity index (χ2n) is 3.70. The van der Waals surface area contributed by atoms with E-state index in [1.807, 2.05) is 5.32 Å². The van der Waals surface area contributed by atoms with Crippen molar-refractivity contribution in [3.05, 3.63) is 24.4 Å². The highest BCUT2D eigenvalue weighted by molar-refractivity contribution is 6.00. The van der Waals surface area contributed by atoms with Gasteiger partial charge in [-0.05, 0) is 18.6 Å². The lowest BCUT2D eigenvalue weighted by atomic mass is 10.1. The van der Waals surface area contributed by atoms with Gasteiger partial charge >= 0.3 is 12.0 Å². The molecule has 0 aliphatic rings. The second kappa shape index (κ2) is 7.07. The van der Waals surface area contributed by atoms with E-state index in [4.69, 9.17) is 10.8 Å². The molecule has 1 heterocycles. The number of urea groups is 1. The van der Waals surface area contributed by atoms with Gasteiger partial charge in [0.15, 0.2) is 0 Å². The molecule has 102 valence electrons. The highest BCUT2D eigenvalue weighted by atomic mass is 16.4. The molecule has 8 nitrogen and oxygen atoms in total. The smallest absolute Gasteiger partial charge is 0.327 e. The molecule has 0 aliphatic carbocycles. The van der Waals surface area contributed by atoms with Crippen molar-refractivity contribution in [3.63, 3.8) is 0 Å². The molecule has 19 heavy (non-hydrogen) atoms. The highest BCUT2D eigenvalue weighted by Crippen LogP contribution is 1.99. The number of pyridine rings is 1. The van der Waals surface area contributed by atoms with Crippen LogP contribution < -0.4 is 16.4 Å². The van der Waals surface area contributed by atoms with Gasteiger partial charge in [-0.2, -0.15) is 0 Å². The Morgan fingerprint density at radius 1 is 1.37 bits per heavy atom. The van der Waals surface area contributed by atoms with E-state index < -0.39 is 23.9 Å². The van der Waals surface area contributed by atoms with Crippen LogP contribution >= 0.6 is 0 Å². The number of imide groups is 1. The van der Waals surface area contributed by atoms with Gasteiger partial charge in [-0.25, -0.2) is 9.78 Å². The van der Waals surface area contributed by atoms with Crippen molar-refractivity contribution in [3.8, 4) is 0 Å². The maximum atomic E-state index is 11.4. The first-order valence-corrected chi connectivity index (χ1v) is 5.49. The summed E-state index contributed by atoms with van der Waals surface area (Å²) in [5.74, 6) is -1.49. The summed E-state index contributed by atoms with van der Waals surface area (Å²) in [6.45, 7) is 0.